The molecular weight excluding hydrogens is 200 g/mol. The van der Waals surface area contributed by atoms with Crippen molar-refractivity contribution < 1.29 is 9.84 Å². The number of hydrogen-bond donors (Lipinski definition) is 1. The smallest absolute Gasteiger partial charge is 0.124 e. The molecule has 14 heavy (non-hydrogen) atoms. The minimum atomic E-state index is -0.492. The van der Waals surface area contributed by atoms with Gasteiger partial charge in [0.1, 0.15) is 5.75 Å². The monoisotopic (exact) mass is 214 g/mol. The summed E-state index contributed by atoms with van der Waals surface area (Å²) < 4.78 is 5.15. The number of rotatable bonds is 4. The zero-order valence-corrected chi connectivity index (χ0v) is 9.21. The van der Waals surface area contributed by atoms with E-state index in [1.807, 2.05) is 6.92 Å². The van der Waals surface area contributed by atoms with Gasteiger partial charge in [0.2, 0.25) is 0 Å². The molecule has 2 nitrogen and oxygen atoms in total. The van der Waals surface area contributed by atoms with Crippen LogP contribution in [0.1, 0.15) is 31.4 Å². The third kappa shape index (κ3) is 2.63. The molecule has 0 saturated carbocycles. The van der Waals surface area contributed by atoms with Gasteiger partial charge in [-0.3, -0.25) is 0 Å². The largest absolute Gasteiger partial charge is 0.496 e. The predicted octanol–water partition coefficient (Wildman–Crippen LogP) is 3.18. The van der Waals surface area contributed by atoms with Gasteiger partial charge >= 0.3 is 0 Å². The van der Waals surface area contributed by atoms with E-state index in [4.69, 9.17) is 16.3 Å². The number of ether oxygens (including phenoxy) is 1. The van der Waals surface area contributed by atoms with Crippen LogP contribution in [0.2, 0.25) is 5.02 Å². The Morgan fingerprint density at radius 2 is 2.21 bits per heavy atom. The molecule has 0 unspecified atom stereocenters. The number of methoxy groups -OCH3 is 1. The fraction of sp³-hybridized carbons (Fsp3) is 0.455. The van der Waals surface area contributed by atoms with E-state index in [1.54, 1.807) is 25.3 Å². The van der Waals surface area contributed by atoms with E-state index in [0.717, 1.165) is 18.4 Å². The first-order valence-corrected chi connectivity index (χ1v) is 5.08. The molecule has 1 atom stereocenters. The Balaban J connectivity index is 2.97. The van der Waals surface area contributed by atoms with Crippen LogP contribution < -0.4 is 4.74 Å². The van der Waals surface area contributed by atoms with Gasteiger partial charge in [0.05, 0.1) is 13.2 Å². The highest BCUT2D eigenvalue weighted by Crippen LogP contribution is 2.30. The Morgan fingerprint density at radius 1 is 1.50 bits per heavy atom. The maximum absolute atomic E-state index is 9.82. The van der Waals surface area contributed by atoms with Crippen LogP contribution in [0.5, 0.6) is 5.75 Å². The van der Waals surface area contributed by atoms with Gasteiger partial charge in [-0.05, 0) is 24.6 Å². The molecule has 0 bridgehead atoms. The summed E-state index contributed by atoms with van der Waals surface area (Å²) in [7, 11) is 1.59. The van der Waals surface area contributed by atoms with Gasteiger partial charge < -0.3 is 9.84 Å². The molecule has 0 aromatic heterocycles. The number of benzene rings is 1. The highest BCUT2D eigenvalue weighted by molar-refractivity contribution is 6.30. The lowest BCUT2D eigenvalue weighted by atomic mass is 10.0. The van der Waals surface area contributed by atoms with Gasteiger partial charge in [-0.25, -0.2) is 0 Å². The van der Waals surface area contributed by atoms with Gasteiger partial charge in [0, 0.05) is 10.6 Å². The summed E-state index contributed by atoms with van der Waals surface area (Å²) in [5.74, 6) is 0.690. The Kier molecular flexibility index (Phi) is 4.23. The number of aliphatic hydroxyl groups is 1. The second kappa shape index (κ2) is 5.23. The van der Waals surface area contributed by atoms with Crippen molar-refractivity contribution in [2.75, 3.05) is 7.11 Å². The van der Waals surface area contributed by atoms with Crippen molar-refractivity contribution in [1.82, 2.24) is 0 Å². The van der Waals surface area contributed by atoms with Crippen molar-refractivity contribution >= 4 is 11.6 Å². The Bertz CT molecular complexity index is 299. The molecule has 1 rings (SSSR count). The molecule has 0 heterocycles. The summed E-state index contributed by atoms with van der Waals surface area (Å²) in [4.78, 5) is 0. The van der Waals surface area contributed by atoms with E-state index in [9.17, 15) is 5.11 Å². The first-order valence-electron chi connectivity index (χ1n) is 4.70. The highest BCUT2D eigenvalue weighted by Gasteiger charge is 2.12. The third-order valence-electron chi connectivity index (χ3n) is 2.11. The molecule has 0 spiro atoms. The van der Waals surface area contributed by atoms with Crippen molar-refractivity contribution in [3.8, 4) is 5.75 Å². The first kappa shape index (κ1) is 11.3. The van der Waals surface area contributed by atoms with E-state index in [0.29, 0.717) is 10.8 Å². The summed E-state index contributed by atoms with van der Waals surface area (Å²) in [6.45, 7) is 2.03. The van der Waals surface area contributed by atoms with E-state index in [1.165, 1.54) is 0 Å². The lowest BCUT2D eigenvalue weighted by Gasteiger charge is -2.14. The summed E-state index contributed by atoms with van der Waals surface area (Å²) >= 11 is 5.85. The topological polar surface area (TPSA) is 29.5 Å². The highest BCUT2D eigenvalue weighted by atomic mass is 35.5. The molecule has 0 aliphatic heterocycles. The maximum atomic E-state index is 9.82. The van der Waals surface area contributed by atoms with Crippen LogP contribution in [0.4, 0.5) is 0 Å². The average Bonchev–Trinajstić information content (AvgIpc) is 2.18. The molecular formula is C11H15ClO2. The van der Waals surface area contributed by atoms with Crippen molar-refractivity contribution in [2.45, 2.75) is 25.9 Å². The zero-order chi connectivity index (χ0) is 10.6. The average molecular weight is 215 g/mol. The third-order valence-corrected chi connectivity index (χ3v) is 2.35. The van der Waals surface area contributed by atoms with Crippen molar-refractivity contribution in [3.63, 3.8) is 0 Å². The van der Waals surface area contributed by atoms with Crippen molar-refractivity contribution in [2.24, 2.45) is 0 Å². The van der Waals surface area contributed by atoms with Crippen LogP contribution in [-0.2, 0) is 0 Å². The van der Waals surface area contributed by atoms with Crippen LogP contribution in [0, 0.1) is 0 Å². The van der Waals surface area contributed by atoms with Gasteiger partial charge in [0.15, 0.2) is 0 Å². The minimum absolute atomic E-state index is 0.492. The van der Waals surface area contributed by atoms with Gasteiger partial charge in [-0.15, -0.1) is 0 Å². The van der Waals surface area contributed by atoms with Crippen LogP contribution in [0.25, 0.3) is 0 Å². The number of aliphatic hydroxyl groups excluding tert-OH is 1. The summed E-state index contributed by atoms with van der Waals surface area (Å²) in [6.07, 6.45) is 1.15. The molecule has 0 fully saturated rings. The Hall–Kier alpha value is -0.730. The maximum Gasteiger partial charge on any atom is 0.124 e. The fourth-order valence-electron chi connectivity index (χ4n) is 1.39. The zero-order valence-electron chi connectivity index (χ0n) is 8.46. The van der Waals surface area contributed by atoms with Gasteiger partial charge in [-0.2, -0.15) is 0 Å². The number of halogens is 1. The van der Waals surface area contributed by atoms with Crippen LogP contribution in [0.15, 0.2) is 18.2 Å². The van der Waals surface area contributed by atoms with Crippen LogP contribution in [-0.4, -0.2) is 12.2 Å². The second-order valence-electron chi connectivity index (χ2n) is 3.19. The Morgan fingerprint density at radius 3 is 2.79 bits per heavy atom. The molecule has 0 aliphatic rings. The van der Waals surface area contributed by atoms with Crippen molar-refractivity contribution in [3.05, 3.63) is 28.8 Å². The van der Waals surface area contributed by atoms with E-state index >= 15 is 0 Å². The summed E-state index contributed by atoms with van der Waals surface area (Å²) in [5.41, 5.74) is 0.766. The molecule has 0 amide bonds. The molecule has 1 aromatic rings. The van der Waals surface area contributed by atoms with Gasteiger partial charge in [-0.1, -0.05) is 24.9 Å². The molecule has 78 valence electrons. The Labute approximate surface area is 89.5 Å². The summed E-state index contributed by atoms with van der Waals surface area (Å²) in [5, 5.41) is 10.4. The van der Waals surface area contributed by atoms with E-state index < -0.39 is 6.10 Å². The fourth-order valence-corrected chi connectivity index (χ4v) is 1.58. The van der Waals surface area contributed by atoms with E-state index in [2.05, 4.69) is 0 Å². The SMILES string of the molecule is CCC[C@H](O)c1cc(Cl)ccc1OC. The molecule has 0 aliphatic carbocycles. The second-order valence-corrected chi connectivity index (χ2v) is 3.63. The van der Waals surface area contributed by atoms with Crippen LogP contribution in [0.3, 0.4) is 0 Å². The number of hydrogen-bond acceptors (Lipinski definition) is 2. The lowest BCUT2D eigenvalue weighted by Crippen LogP contribution is -2.00. The molecule has 1 aromatic carbocycles. The quantitative estimate of drug-likeness (QED) is 0.834. The normalized spacial score (nSPS) is 12.6. The predicted molar refractivity (Wildman–Crippen MR) is 57.9 cm³/mol. The van der Waals surface area contributed by atoms with Crippen molar-refractivity contribution in [1.29, 1.82) is 0 Å². The molecule has 0 radical (unpaired) electrons. The minimum Gasteiger partial charge on any atom is -0.496 e. The van der Waals surface area contributed by atoms with E-state index in [-0.39, 0.29) is 0 Å². The lowest BCUT2D eigenvalue weighted by molar-refractivity contribution is 0.162. The molecule has 1 N–H and O–H groups in total. The standard InChI is InChI=1S/C11H15ClO2/c1-3-4-10(13)9-7-8(12)5-6-11(9)14-2/h5-7,10,13H,3-4H2,1-2H3/t10-/m0/s1. The first-order chi connectivity index (χ1) is 6.69. The van der Waals surface area contributed by atoms with Gasteiger partial charge in [0.25, 0.3) is 0 Å². The van der Waals surface area contributed by atoms with Crippen LogP contribution >= 0.6 is 11.6 Å². The summed E-state index contributed by atoms with van der Waals surface area (Å²) in [6, 6.07) is 5.28. The molecule has 3 heteroatoms. The molecule has 0 saturated heterocycles.